The number of alkyl halides is 1. The van der Waals surface area contributed by atoms with Crippen LogP contribution in [0.1, 0.15) is 36.4 Å². The number of hydrogen-bond acceptors (Lipinski definition) is 7. The molecule has 3 N–H and O–H groups in total. The summed E-state index contributed by atoms with van der Waals surface area (Å²) in [5.41, 5.74) is 3.20. The molecule has 1 aromatic heterocycles. The van der Waals surface area contributed by atoms with Crippen LogP contribution in [0.2, 0.25) is 0 Å². The number of halogens is 2. The van der Waals surface area contributed by atoms with E-state index in [-0.39, 0.29) is 37.7 Å². The second-order valence-electron chi connectivity index (χ2n) is 8.84. The Morgan fingerprint density at radius 3 is 2.29 bits per heavy atom. The Morgan fingerprint density at radius 2 is 1.69 bits per heavy atom. The molecule has 0 aliphatic rings. The molecule has 35 heavy (non-hydrogen) atoms. The molecule has 8 nitrogen and oxygen atoms in total. The van der Waals surface area contributed by atoms with Gasteiger partial charge in [-0.05, 0) is 64.9 Å². The van der Waals surface area contributed by atoms with Crippen LogP contribution in [-0.2, 0) is 18.6 Å². The number of aliphatic hydroxyl groups excluding tert-OH is 3. The van der Waals surface area contributed by atoms with E-state index in [0.29, 0.717) is 17.2 Å². The number of aliphatic hydroxyl groups is 3. The maximum absolute atomic E-state index is 10.4. The molecule has 3 aromatic rings. The van der Waals surface area contributed by atoms with E-state index in [2.05, 4.69) is 52.8 Å². The summed E-state index contributed by atoms with van der Waals surface area (Å²) in [6.45, 7) is 6.40. The SMILES string of the molecule is Cc1c(CO)nnn1C[C@@H](O)COc1ccc(C(C)(C)c2ccc(OC[C@@H](O)CCl)cc2)cc1I. The van der Waals surface area contributed by atoms with Crippen molar-refractivity contribution in [2.24, 2.45) is 0 Å². The van der Waals surface area contributed by atoms with Crippen LogP contribution in [0.3, 0.4) is 0 Å². The number of aromatic nitrogens is 3. The molecule has 3 rings (SSSR count). The minimum Gasteiger partial charge on any atom is -0.491 e. The van der Waals surface area contributed by atoms with Crippen molar-refractivity contribution in [2.75, 3.05) is 19.1 Å². The van der Waals surface area contributed by atoms with Gasteiger partial charge in [-0.3, -0.25) is 0 Å². The third-order valence-corrected chi connectivity index (χ3v) is 7.09. The van der Waals surface area contributed by atoms with Gasteiger partial charge in [-0.2, -0.15) is 0 Å². The number of nitrogens with zero attached hydrogens (tertiary/aromatic N) is 3. The Hall–Kier alpha value is -1.92. The lowest BCUT2D eigenvalue weighted by atomic mass is 9.78. The number of hydrogen-bond donors (Lipinski definition) is 3. The average molecular weight is 616 g/mol. The van der Waals surface area contributed by atoms with Gasteiger partial charge in [0.15, 0.2) is 0 Å². The van der Waals surface area contributed by atoms with Crippen LogP contribution in [0.5, 0.6) is 11.5 Å². The van der Waals surface area contributed by atoms with Gasteiger partial charge in [0.25, 0.3) is 0 Å². The van der Waals surface area contributed by atoms with Gasteiger partial charge < -0.3 is 24.8 Å². The molecule has 0 aliphatic heterocycles. The van der Waals surface area contributed by atoms with E-state index in [4.69, 9.17) is 21.1 Å². The molecule has 0 unspecified atom stereocenters. The van der Waals surface area contributed by atoms with E-state index in [1.165, 1.54) is 0 Å². The lowest BCUT2D eigenvalue weighted by Gasteiger charge is -2.27. The lowest BCUT2D eigenvalue weighted by molar-refractivity contribution is 0.0878. The zero-order valence-electron chi connectivity index (χ0n) is 20.0. The second-order valence-corrected chi connectivity index (χ2v) is 10.3. The quantitative estimate of drug-likeness (QED) is 0.212. The van der Waals surface area contributed by atoms with E-state index in [1.807, 2.05) is 36.4 Å². The van der Waals surface area contributed by atoms with Crippen molar-refractivity contribution in [1.82, 2.24) is 15.0 Å². The molecule has 0 spiro atoms. The van der Waals surface area contributed by atoms with E-state index in [0.717, 1.165) is 20.4 Å². The molecule has 10 heteroatoms. The van der Waals surface area contributed by atoms with Crippen LogP contribution in [0.15, 0.2) is 42.5 Å². The molecule has 0 aliphatic carbocycles. The summed E-state index contributed by atoms with van der Waals surface area (Å²) in [6.07, 6.45) is -1.47. The first kappa shape index (κ1) is 27.7. The molecule has 0 radical (unpaired) electrons. The Morgan fingerprint density at radius 1 is 1.03 bits per heavy atom. The zero-order chi connectivity index (χ0) is 25.6. The highest BCUT2D eigenvalue weighted by molar-refractivity contribution is 14.1. The average Bonchev–Trinajstić information content (AvgIpc) is 3.20. The highest BCUT2D eigenvalue weighted by atomic mass is 127. The van der Waals surface area contributed by atoms with Gasteiger partial charge in [-0.1, -0.05) is 37.3 Å². The molecule has 0 amide bonds. The summed E-state index contributed by atoms with van der Waals surface area (Å²) in [7, 11) is 0. The van der Waals surface area contributed by atoms with E-state index in [9.17, 15) is 15.3 Å². The van der Waals surface area contributed by atoms with Gasteiger partial charge in [0, 0.05) is 5.41 Å². The fourth-order valence-corrected chi connectivity index (χ4v) is 4.29. The van der Waals surface area contributed by atoms with E-state index >= 15 is 0 Å². The van der Waals surface area contributed by atoms with Crippen molar-refractivity contribution in [1.29, 1.82) is 0 Å². The lowest BCUT2D eigenvalue weighted by Crippen LogP contribution is -2.25. The monoisotopic (exact) mass is 615 g/mol. The predicted octanol–water partition coefficient (Wildman–Crippen LogP) is 3.43. The Kier molecular flexibility index (Phi) is 9.77. The third kappa shape index (κ3) is 7.07. The van der Waals surface area contributed by atoms with E-state index < -0.39 is 12.2 Å². The van der Waals surface area contributed by atoms with Gasteiger partial charge in [0.2, 0.25) is 0 Å². The van der Waals surface area contributed by atoms with Crippen LogP contribution in [0.4, 0.5) is 0 Å². The second kappa shape index (κ2) is 12.4. The van der Waals surface area contributed by atoms with Gasteiger partial charge >= 0.3 is 0 Å². The van der Waals surface area contributed by atoms with Crippen LogP contribution in [0, 0.1) is 10.5 Å². The Balaban J connectivity index is 1.62. The fraction of sp³-hybridized carbons (Fsp3) is 0.440. The third-order valence-electron chi connectivity index (χ3n) is 5.89. The summed E-state index contributed by atoms with van der Waals surface area (Å²) in [5, 5.41) is 37.0. The predicted molar refractivity (Wildman–Crippen MR) is 142 cm³/mol. The molecular weight excluding hydrogens is 585 g/mol. The summed E-state index contributed by atoms with van der Waals surface area (Å²) < 4.78 is 13.9. The first-order valence-electron chi connectivity index (χ1n) is 11.2. The molecule has 0 saturated carbocycles. The normalized spacial score (nSPS) is 13.5. The van der Waals surface area contributed by atoms with Crippen molar-refractivity contribution >= 4 is 34.2 Å². The van der Waals surface area contributed by atoms with Crippen LogP contribution in [-0.4, -0.2) is 61.6 Å². The highest BCUT2D eigenvalue weighted by Gasteiger charge is 2.24. The van der Waals surface area contributed by atoms with Gasteiger partial charge in [0.1, 0.15) is 42.6 Å². The van der Waals surface area contributed by atoms with Crippen molar-refractivity contribution < 1.29 is 24.8 Å². The molecule has 0 bridgehead atoms. The number of benzene rings is 2. The first-order chi connectivity index (χ1) is 16.6. The maximum atomic E-state index is 10.4. The van der Waals surface area contributed by atoms with Crippen LogP contribution < -0.4 is 9.47 Å². The fourth-order valence-electron chi connectivity index (χ4n) is 3.53. The first-order valence-corrected chi connectivity index (χ1v) is 12.8. The smallest absolute Gasteiger partial charge is 0.132 e. The van der Waals surface area contributed by atoms with Gasteiger partial charge in [0.05, 0.1) is 28.3 Å². The molecule has 2 aromatic carbocycles. The Bertz CT molecular complexity index is 1110. The topological polar surface area (TPSA) is 110 Å². The van der Waals surface area contributed by atoms with Crippen molar-refractivity contribution in [3.8, 4) is 11.5 Å². The van der Waals surface area contributed by atoms with Crippen molar-refractivity contribution in [3.63, 3.8) is 0 Å². The zero-order valence-corrected chi connectivity index (χ0v) is 22.9. The number of rotatable bonds is 12. The van der Waals surface area contributed by atoms with Crippen LogP contribution >= 0.6 is 34.2 Å². The molecule has 1 heterocycles. The Labute approximate surface area is 224 Å². The highest BCUT2D eigenvalue weighted by Crippen LogP contribution is 2.35. The van der Waals surface area contributed by atoms with Crippen molar-refractivity contribution in [2.45, 2.75) is 51.5 Å². The van der Waals surface area contributed by atoms with Crippen LogP contribution in [0.25, 0.3) is 0 Å². The van der Waals surface area contributed by atoms with E-state index in [1.54, 1.807) is 11.6 Å². The van der Waals surface area contributed by atoms with Gasteiger partial charge in [-0.25, -0.2) is 4.68 Å². The molecular formula is C25H31ClIN3O5. The number of ether oxygens (including phenoxy) is 2. The summed E-state index contributed by atoms with van der Waals surface area (Å²) >= 11 is 7.85. The minimum atomic E-state index is -0.778. The standard InChI is InChI=1S/C25H31ClIN3O5/c1-16-23(13-31)28-29-30(16)12-20(33)15-35-24-9-6-18(10-22(24)27)25(2,3)17-4-7-21(8-5-17)34-14-19(32)11-26/h4-10,19-20,31-33H,11-15H2,1-3H3/t19-,20+/m0/s1. The molecule has 0 saturated heterocycles. The largest absolute Gasteiger partial charge is 0.491 e. The summed E-state index contributed by atoms with van der Waals surface area (Å²) in [5.74, 6) is 1.51. The summed E-state index contributed by atoms with van der Waals surface area (Å²) in [6, 6.07) is 13.8. The summed E-state index contributed by atoms with van der Waals surface area (Å²) in [4.78, 5) is 0. The molecule has 0 fully saturated rings. The van der Waals surface area contributed by atoms with Gasteiger partial charge in [-0.15, -0.1) is 16.7 Å². The minimum absolute atomic E-state index is 0.104. The van der Waals surface area contributed by atoms with Crippen molar-refractivity contribution in [3.05, 3.63) is 68.5 Å². The molecule has 2 atom stereocenters. The maximum Gasteiger partial charge on any atom is 0.132 e. The molecule has 190 valence electrons.